The zero-order valence-electron chi connectivity index (χ0n) is 12.5. The maximum absolute atomic E-state index is 12.4. The molecule has 20 heavy (non-hydrogen) atoms. The molecule has 0 saturated carbocycles. The number of piperazine rings is 1. The number of amides is 1. The van der Waals surface area contributed by atoms with Gasteiger partial charge in [-0.2, -0.15) is 0 Å². The van der Waals surface area contributed by atoms with Crippen LogP contribution in [0.5, 0.6) is 0 Å². The van der Waals surface area contributed by atoms with Crippen LogP contribution in [0.3, 0.4) is 0 Å². The standard InChI is InChI=1S/C15H25N3O2/c1-3-6-15(2,16)14(19)18-9-7-17(8-10-18)12-13-5-4-11-20-13/h4-5,11H,3,6-10,12,16H2,1-2H3. The molecule has 2 N–H and O–H groups in total. The molecule has 1 fully saturated rings. The normalized spacial score (nSPS) is 19.9. The predicted molar refractivity (Wildman–Crippen MR) is 78.1 cm³/mol. The van der Waals surface area contributed by atoms with Gasteiger partial charge in [-0.25, -0.2) is 0 Å². The number of carbonyl (C=O) groups is 1. The summed E-state index contributed by atoms with van der Waals surface area (Å²) in [6.07, 6.45) is 3.36. The third-order valence-electron chi connectivity index (χ3n) is 3.88. The Bertz CT molecular complexity index is 420. The van der Waals surface area contributed by atoms with E-state index in [4.69, 9.17) is 10.2 Å². The van der Waals surface area contributed by atoms with E-state index in [1.165, 1.54) is 0 Å². The van der Waals surface area contributed by atoms with Crippen molar-refractivity contribution >= 4 is 5.91 Å². The van der Waals surface area contributed by atoms with E-state index in [2.05, 4.69) is 11.8 Å². The number of nitrogens with zero attached hydrogens (tertiary/aromatic N) is 2. The summed E-state index contributed by atoms with van der Waals surface area (Å²) in [6.45, 7) is 7.94. The zero-order chi connectivity index (χ0) is 14.6. The Kier molecular flexibility index (Phi) is 4.83. The Labute approximate surface area is 120 Å². The molecule has 0 spiro atoms. The number of nitrogens with two attached hydrogens (primary N) is 1. The molecule has 0 radical (unpaired) electrons. The third-order valence-corrected chi connectivity index (χ3v) is 3.88. The molecule has 1 aliphatic rings. The Morgan fingerprint density at radius 1 is 1.40 bits per heavy atom. The van der Waals surface area contributed by atoms with E-state index in [-0.39, 0.29) is 5.91 Å². The minimum atomic E-state index is -0.724. The highest BCUT2D eigenvalue weighted by atomic mass is 16.3. The van der Waals surface area contributed by atoms with Crippen molar-refractivity contribution in [3.8, 4) is 0 Å². The first-order chi connectivity index (χ1) is 9.53. The van der Waals surface area contributed by atoms with E-state index in [0.717, 1.165) is 51.3 Å². The van der Waals surface area contributed by atoms with E-state index < -0.39 is 5.54 Å². The van der Waals surface area contributed by atoms with Gasteiger partial charge in [-0.15, -0.1) is 0 Å². The molecule has 1 amide bonds. The fourth-order valence-corrected chi connectivity index (χ4v) is 2.72. The predicted octanol–water partition coefficient (Wildman–Crippen LogP) is 1.44. The Hall–Kier alpha value is -1.33. The molecule has 1 atom stereocenters. The van der Waals surface area contributed by atoms with Crippen LogP contribution in [0.1, 0.15) is 32.4 Å². The summed E-state index contributed by atoms with van der Waals surface area (Å²) in [4.78, 5) is 16.6. The van der Waals surface area contributed by atoms with E-state index in [1.54, 1.807) is 6.26 Å². The summed E-state index contributed by atoms with van der Waals surface area (Å²) in [6, 6.07) is 3.88. The molecule has 2 heterocycles. The van der Waals surface area contributed by atoms with Gasteiger partial charge >= 0.3 is 0 Å². The van der Waals surface area contributed by atoms with Gasteiger partial charge in [0.05, 0.1) is 18.3 Å². The van der Waals surface area contributed by atoms with Crippen LogP contribution in [0.25, 0.3) is 0 Å². The summed E-state index contributed by atoms with van der Waals surface area (Å²) in [5.41, 5.74) is 5.40. The SMILES string of the molecule is CCCC(C)(N)C(=O)N1CCN(Cc2ccco2)CC1. The first kappa shape index (κ1) is 15.1. The molecule has 1 aromatic rings. The van der Waals surface area contributed by atoms with E-state index in [9.17, 15) is 4.79 Å². The molecule has 2 rings (SSSR count). The minimum absolute atomic E-state index is 0.0806. The lowest BCUT2D eigenvalue weighted by Gasteiger charge is -2.38. The van der Waals surface area contributed by atoms with Gasteiger partial charge in [-0.05, 0) is 25.5 Å². The van der Waals surface area contributed by atoms with Crippen molar-refractivity contribution in [2.24, 2.45) is 5.73 Å². The van der Waals surface area contributed by atoms with E-state index in [1.807, 2.05) is 24.0 Å². The van der Waals surface area contributed by atoms with Gasteiger partial charge in [-0.3, -0.25) is 9.69 Å². The first-order valence-corrected chi connectivity index (χ1v) is 7.36. The Balaban J connectivity index is 1.83. The van der Waals surface area contributed by atoms with Crippen molar-refractivity contribution < 1.29 is 9.21 Å². The van der Waals surface area contributed by atoms with Crippen LogP contribution in [-0.4, -0.2) is 47.4 Å². The average molecular weight is 279 g/mol. The minimum Gasteiger partial charge on any atom is -0.468 e. The largest absolute Gasteiger partial charge is 0.468 e. The number of furan rings is 1. The van der Waals surface area contributed by atoms with Crippen molar-refractivity contribution in [3.63, 3.8) is 0 Å². The van der Waals surface area contributed by atoms with Gasteiger partial charge < -0.3 is 15.1 Å². The van der Waals surface area contributed by atoms with E-state index >= 15 is 0 Å². The smallest absolute Gasteiger partial charge is 0.242 e. The van der Waals surface area contributed by atoms with Gasteiger partial charge in [0.2, 0.25) is 5.91 Å². The Morgan fingerprint density at radius 2 is 2.10 bits per heavy atom. The monoisotopic (exact) mass is 279 g/mol. The second-order valence-electron chi connectivity index (χ2n) is 5.82. The number of carbonyl (C=O) groups excluding carboxylic acids is 1. The molecule has 0 aromatic carbocycles. The lowest BCUT2D eigenvalue weighted by molar-refractivity contribution is -0.138. The van der Waals surface area contributed by atoms with Crippen LogP contribution in [0.2, 0.25) is 0 Å². The summed E-state index contributed by atoms with van der Waals surface area (Å²) in [5, 5.41) is 0. The highest BCUT2D eigenvalue weighted by Crippen LogP contribution is 2.15. The van der Waals surface area contributed by atoms with E-state index in [0.29, 0.717) is 0 Å². The second-order valence-corrected chi connectivity index (χ2v) is 5.82. The van der Waals surface area contributed by atoms with Gasteiger partial charge in [0.25, 0.3) is 0 Å². The van der Waals surface area contributed by atoms with Gasteiger partial charge in [-0.1, -0.05) is 13.3 Å². The second kappa shape index (κ2) is 6.41. The van der Waals surface area contributed by atoms with Crippen molar-refractivity contribution in [2.75, 3.05) is 26.2 Å². The molecule has 0 bridgehead atoms. The third kappa shape index (κ3) is 3.61. The highest BCUT2D eigenvalue weighted by molar-refractivity contribution is 5.85. The molecule has 1 aromatic heterocycles. The maximum atomic E-state index is 12.4. The maximum Gasteiger partial charge on any atom is 0.242 e. The van der Waals surface area contributed by atoms with Crippen LogP contribution >= 0.6 is 0 Å². The lowest BCUT2D eigenvalue weighted by Crippen LogP contribution is -2.58. The molecule has 1 aliphatic heterocycles. The molecule has 0 aliphatic carbocycles. The Morgan fingerprint density at radius 3 is 2.65 bits per heavy atom. The van der Waals surface area contributed by atoms with Gasteiger partial charge in [0.1, 0.15) is 5.76 Å². The van der Waals surface area contributed by atoms with Crippen molar-refractivity contribution in [3.05, 3.63) is 24.2 Å². The van der Waals surface area contributed by atoms with Crippen LogP contribution < -0.4 is 5.73 Å². The topological polar surface area (TPSA) is 62.7 Å². The number of hydrogen-bond donors (Lipinski definition) is 1. The summed E-state index contributed by atoms with van der Waals surface area (Å²) >= 11 is 0. The van der Waals surface area contributed by atoms with Crippen molar-refractivity contribution in [1.82, 2.24) is 9.80 Å². The van der Waals surface area contributed by atoms with Gasteiger partial charge in [0, 0.05) is 26.2 Å². The summed E-state index contributed by atoms with van der Waals surface area (Å²) in [7, 11) is 0. The fraction of sp³-hybridized carbons (Fsp3) is 0.667. The van der Waals surface area contributed by atoms with Crippen molar-refractivity contribution in [1.29, 1.82) is 0 Å². The summed E-state index contributed by atoms with van der Waals surface area (Å²) in [5.74, 6) is 1.05. The fourth-order valence-electron chi connectivity index (χ4n) is 2.72. The van der Waals surface area contributed by atoms with Crippen molar-refractivity contribution in [2.45, 2.75) is 38.8 Å². The van der Waals surface area contributed by atoms with Crippen LogP contribution in [0, 0.1) is 0 Å². The quantitative estimate of drug-likeness (QED) is 0.886. The lowest BCUT2D eigenvalue weighted by atomic mass is 9.95. The highest BCUT2D eigenvalue weighted by Gasteiger charge is 2.33. The average Bonchev–Trinajstić information content (AvgIpc) is 2.91. The molecule has 112 valence electrons. The molecular weight excluding hydrogens is 254 g/mol. The van der Waals surface area contributed by atoms with Gasteiger partial charge in [0.15, 0.2) is 0 Å². The first-order valence-electron chi connectivity index (χ1n) is 7.36. The molecule has 1 unspecified atom stereocenters. The molecular formula is C15H25N3O2. The molecule has 5 heteroatoms. The van der Waals surface area contributed by atoms with Crippen LogP contribution in [-0.2, 0) is 11.3 Å². The molecule has 5 nitrogen and oxygen atoms in total. The van der Waals surface area contributed by atoms with Crippen LogP contribution in [0.4, 0.5) is 0 Å². The number of rotatable bonds is 5. The number of hydrogen-bond acceptors (Lipinski definition) is 4. The molecule has 1 saturated heterocycles. The van der Waals surface area contributed by atoms with Crippen LogP contribution in [0.15, 0.2) is 22.8 Å². The summed E-state index contributed by atoms with van der Waals surface area (Å²) < 4.78 is 5.35. The zero-order valence-corrected chi connectivity index (χ0v) is 12.5.